The van der Waals surface area contributed by atoms with E-state index in [0.717, 1.165) is 16.7 Å². The molecule has 0 saturated heterocycles. The maximum Gasteiger partial charge on any atom is 0.255 e. The van der Waals surface area contributed by atoms with Gasteiger partial charge in [-0.15, -0.1) is 0 Å². The maximum atomic E-state index is 13.9. The van der Waals surface area contributed by atoms with Gasteiger partial charge in [-0.3, -0.25) is 14.4 Å². The molecule has 0 spiro atoms. The lowest BCUT2D eigenvalue weighted by Crippen LogP contribution is -2.44. The molecule has 2 aromatic carbocycles. The summed E-state index contributed by atoms with van der Waals surface area (Å²) in [4.78, 5) is 40.6. The second-order valence-corrected chi connectivity index (χ2v) is 12.9. The number of phenolic OH excluding ortho intramolecular Hbond substituents is 1. The summed E-state index contributed by atoms with van der Waals surface area (Å²) >= 11 is 0. The number of carbonyl (C=O) groups excluding carboxylic acids is 3. The summed E-state index contributed by atoms with van der Waals surface area (Å²) in [5, 5.41) is 34.2. The van der Waals surface area contributed by atoms with Gasteiger partial charge in [-0.25, -0.2) is 0 Å². The van der Waals surface area contributed by atoms with Gasteiger partial charge in [0.2, 0.25) is 0 Å². The van der Waals surface area contributed by atoms with Crippen molar-refractivity contribution in [2.24, 2.45) is 23.5 Å². The predicted octanol–water partition coefficient (Wildman–Crippen LogP) is 4.01. The largest absolute Gasteiger partial charge is 0.511 e. The molecule has 234 valence electrons. The van der Waals surface area contributed by atoms with Crippen LogP contribution in [0.5, 0.6) is 11.5 Å². The lowest BCUT2D eigenvalue weighted by Gasteiger charge is -2.41. The number of nitrogens with zero attached hydrogens (tertiary/aromatic N) is 1. The van der Waals surface area contributed by atoms with E-state index in [2.05, 4.69) is 4.90 Å². The molecule has 3 aliphatic rings. The third-order valence-electron chi connectivity index (χ3n) is 8.75. The lowest BCUT2D eigenvalue weighted by atomic mass is 9.61. The third kappa shape index (κ3) is 5.19. The Hall–Kier alpha value is -4.15. The van der Waals surface area contributed by atoms with Crippen molar-refractivity contribution < 1.29 is 42.8 Å². The van der Waals surface area contributed by atoms with Gasteiger partial charge in [0.05, 0.1) is 18.6 Å². The highest BCUT2D eigenvalue weighted by molar-refractivity contribution is 6.21. The zero-order valence-corrected chi connectivity index (χ0v) is 25.4. The Morgan fingerprint density at radius 2 is 1.77 bits per heavy atom. The maximum absolute atomic E-state index is 13.9. The standard InChI is InChI=1S/C33H38N2O7.H2O.2H2/c1-33(2,3)21-13-18(19-9-15(14-35(4)5)7-8-23(19)42-6)20-11-16-10-17-12-22(36)27(32(34)41)31(40)25(17)29(38)24(16)30(39)26(20)28(21)37;;;/h7-9,13,16-17,25,37,39-40H,10-12,14H2,1-6H3,(H2,34,41);1H2;2*1H. The van der Waals surface area contributed by atoms with Crippen LogP contribution in [0, 0.1) is 17.8 Å². The molecule has 3 unspecified atom stereocenters. The van der Waals surface area contributed by atoms with Crippen molar-refractivity contribution >= 4 is 23.2 Å². The van der Waals surface area contributed by atoms with Crippen LogP contribution >= 0.6 is 0 Å². The van der Waals surface area contributed by atoms with Crippen LogP contribution in [0.1, 0.15) is 58.7 Å². The monoisotopic (exact) mass is 596 g/mol. The van der Waals surface area contributed by atoms with Gasteiger partial charge in [0.1, 0.15) is 28.6 Å². The van der Waals surface area contributed by atoms with Gasteiger partial charge in [-0.2, -0.15) is 0 Å². The molecule has 0 bridgehead atoms. The first-order valence-corrected chi connectivity index (χ1v) is 14.1. The number of allylic oxidation sites excluding steroid dienone is 2. The minimum Gasteiger partial charge on any atom is -0.511 e. The Balaban J connectivity index is 0.00000235. The molecule has 3 aliphatic carbocycles. The number of hydrogen-bond acceptors (Lipinski definition) is 8. The number of primary amides is 1. The van der Waals surface area contributed by atoms with Crippen molar-refractivity contribution in [2.45, 2.75) is 52.0 Å². The molecule has 7 N–H and O–H groups in total. The number of phenols is 1. The quantitative estimate of drug-likeness (QED) is 0.373. The van der Waals surface area contributed by atoms with Gasteiger partial charge in [0.25, 0.3) is 5.91 Å². The van der Waals surface area contributed by atoms with Gasteiger partial charge >= 0.3 is 0 Å². The van der Waals surface area contributed by atoms with E-state index in [1.807, 2.05) is 59.1 Å². The fourth-order valence-corrected chi connectivity index (χ4v) is 6.95. The third-order valence-corrected chi connectivity index (χ3v) is 8.75. The van der Waals surface area contributed by atoms with E-state index in [1.165, 1.54) is 0 Å². The van der Waals surface area contributed by atoms with E-state index < -0.39 is 52.0 Å². The zero-order valence-electron chi connectivity index (χ0n) is 25.4. The summed E-state index contributed by atoms with van der Waals surface area (Å²) in [5.74, 6) is -4.84. The molecule has 1 saturated carbocycles. The van der Waals surface area contributed by atoms with E-state index in [9.17, 15) is 29.7 Å². The number of carbonyl (C=O) groups is 3. The van der Waals surface area contributed by atoms with Gasteiger partial charge < -0.3 is 36.2 Å². The van der Waals surface area contributed by atoms with Crippen LogP contribution in [0.3, 0.4) is 0 Å². The number of fused-ring (bicyclic) bond motifs is 3. The average molecular weight is 597 g/mol. The van der Waals surface area contributed by atoms with E-state index in [1.54, 1.807) is 7.11 Å². The van der Waals surface area contributed by atoms with Crippen molar-refractivity contribution in [3.63, 3.8) is 0 Å². The molecule has 10 heteroatoms. The van der Waals surface area contributed by atoms with Crippen LogP contribution < -0.4 is 10.5 Å². The molecular weight excluding hydrogens is 552 g/mol. The summed E-state index contributed by atoms with van der Waals surface area (Å²) in [6, 6.07) is 7.89. The number of benzene rings is 2. The Kier molecular flexibility index (Phi) is 8.25. The summed E-state index contributed by atoms with van der Waals surface area (Å²) in [7, 11) is 5.56. The van der Waals surface area contributed by atoms with E-state index >= 15 is 0 Å². The van der Waals surface area contributed by atoms with Crippen LogP contribution in [0.15, 0.2) is 41.2 Å². The second kappa shape index (κ2) is 11.2. The SMILES string of the molecule is COc1ccc(CN(C)C)cc1-c1cc(C(C)(C)C)c(O)c2c1CC1CC3CC(=O)C(C(N)=O)=C(O)C3C(=O)C1=C2O.O.[HH].[HH]. The molecule has 10 nitrogen and oxygen atoms in total. The number of nitrogens with two attached hydrogens (primary N) is 1. The van der Waals surface area contributed by atoms with Crippen LogP contribution in [-0.2, 0) is 32.8 Å². The molecule has 0 aromatic heterocycles. The molecule has 2 aromatic rings. The molecule has 1 amide bonds. The van der Waals surface area contributed by atoms with Gasteiger partial charge in [-0.1, -0.05) is 26.8 Å². The van der Waals surface area contributed by atoms with Crippen molar-refractivity contribution in [1.82, 2.24) is 4.90 Å². The molecule has 43 heavy (non-hydrogen) atoms. The molecule has 3 atom stereocenters. The molecule has 0 aliphatic heterocycles. The number of ketones is 2. The lowest BCUT2D eigenvalue weighted by molar-refractivity contribution is -0.127. The number of aliphatic hydroxyl groups is 2. The number of rotatable bonds is 5. The molecule has 1 fully saturated rings. The van der Waals surface area contributed by atoms with Crippen molar-refractivity contribution in [3.05, 3.63) is 63.4 Å². The first-order chi connectivity index (χ1) is 19.6. The van der Waals surface area contributed by atoms with Crippen LogP contribution in [0.2, 0.25) is 0 Å². The Morgan fingerprint density at radius 1 is 1.09 bits per heavy atom. The fourth-order valence-electron chi connectivity index (χ4n) is 6.95. The van der Waals surface area contributed by atoms with Crippen LogP contribution in [0.25, 0.3) is 16.9 Å². The summed E-state index contributed by atoms with van der Waals surface area (Å²) in [6.07, 6.45) is 0.549. The second-order valence-electron chi connectivity index (χ2n) is 12.9. The highest BCUT2D eigenvalue weighted by Crippen LogP contribution is 2.53. The van der Waals surface area contributed by atoms with E-state index in [4.69, 9.17) is 10.5 Å². The minimum absolute atomic E-state index is 0. The zero-order chi connectivity index (χ0) is 30.8. The first-order valence-electron chi connectivity index (χ1n) is 14.1. The van der Waals surface area contributed by atoms with Crippen molar-refractivity contribution in [1.29, 1.82) is 0 Å². The van der Waals surface area contributed by atoms with Crippen molar-refractivity contribution in [3.8, 4) is 22.6 Å². The fraction of sp³-hybridized carbons (Fsp3) is 0.424. The highest BCUT2D eigenvalue weighted by Gasteiger charge is 2.51. The smallest absolute Gasteiger partial charge is 0.255 e. The minimum atomic E-state index is -1.16. The topological polar surface area (TPSA) is 182 Å². The normalized spacial score (nSPS) is 21.7. The summed E-state index contributed by atoms with van der Waals surface area (Å²) in [5.41, 5.74) is 8.45. The molecule has 5 rings (SSSR count). The Morgan fingerprint density at radius 3 is 2.35 bits per heavy atom. The summed E-state index contributed by atoms with van der Waals surface area (Å²) in [6.45, 7) is 6.56. The predicted molar refractivity (Wildman–Crippen MR) is 166 cm³/mol. The number of aromatic hydroxyl groups is 1. The average Bonchev–Trinajstić information content (AvgIpc) is 2.87. The Bertz CT molecular complexity index is 1610. The number of methoxy groups -OCH3 is 1. The number of ether oxygens (including phenoxy) is 1. The number of aliphatic hydroxyl groups excluding tert-OH is 2. The summed E-state index contributed by atoms with van der Waals surface area (Å²) < 4.78 is 5.77. The van der Waals surface area contributed by atoms with E-state index in [0.29, 0.717) is 36.3 Å². The van der Waals surface area contributed by atoms with Gasteiger partial charge in [0.15, 0.2) is 11.6 Å². The number of hydrogen-bond donors (Lipinski definition) is 4. The Labute approximate surface area is 253 Å². The van der Waals surface area contributed by atoms with Gasteiger partial charge in [0, 0.05) is 32.5 Å². The van der Waals surface area contributed by atoms with Crippen LogP contribution in [-0.4, -0.2) is 64.4 Å². The van der Waals surface area contributed by atoms with E-state index in [-0.39, 0.29) is 37.4 Å². The van der Waals surface area contributed by atoms with Crippen molar-refractivity contribution in [2.75, 3.05) is 21.2 Å². The van der Waals surface area contributed by atoms with Gasteiger partial charge in [-0.05, 0) is 79.1 Å². The highest BCUT2D eigenvalue weighted by atomic mass is 16.5. The number of Topliss-reactive ketones (excluding diaryl/α,β-unsaturated/α-hetero) is 2. The van der Waals surface area contributed by atoms with Crippen LogP contribution in [0.4, 0.5) is 0 Å². The molecule has 0 heterocycles. The first kappa shape index (κ1) is 31.8. The molecule has 0 radical (unpaired) electrons. The number of amides is 1. The molecular formula is C33H44N2O8.